The number of carbonyl (C=O) groups excluding carboxylic acids is 1. The van der Waals surface area contributed by atoms with Gasteiger partial charge in [-0.2, -0.15) is 0 Å². The van der Waals surface area contributed by atoms with Crippen molar-refractivity contribution < 1.29 is 9.53 Å². The molecular weight excluding hydrogens is 506 g/mol. The highest BCUT2D eigenvalue weighted by Gasteiger charge is 2.34. The second-order valence-corrected chi connectivity index (χ2v) is 12.2. The maximum Gasteiger partial charge on any atom is 0.256 e. The summed E-state index contributed by atoms with van der Waals surface area (Å²) in [7, 11) is 0. The predicted molar refractivity (Wildman–Crippen MR) is 170 cm³/mol. The van der Waals surface area contributed by atoms with E-state index in [0.717, 1.165) is 54.8 Å². The molecule has 3 atom stereocenters. The number of benzene rings is 2. The molecule has 0 aliphatic carbocycles. The van der Waals surface area contributed by atoms with Crippen molar-refractivity contribution in [3.05, 3.63) is 101 Å². The second-order valence-electron chi connectivity index (χ2n) is 12.2. The van der Waals surface area contributed by atoms with Gasteiger partial charge in [0, 0.05) is 36.6 Å². The minimum atomic E-state index is -0.00407. The zero-order valence-corrected chi connectivity index (χ0v) is 25.1. The molecule has 0 saturated carbocycles. The molecule has 2 fully saturated rings. The summed E-state index contributed by atoms with van der Waals surface area (Å²) < 4.78 is 6.29. The molecule has 41 heavy (non-hydrogen) atoms. The van der Waals surface area contributed by atoms with E-state index in [1.807, 2.05) is 36.2 Å². The minimum Gasteiger partial charge on any atom is -0.493 e. The molecule has 3 heterocycles. The Bertz CT molecular complexity index is 1470. The third kappa shape index (κ3) is 5.81. The standard InChI is InChI=1S/C36H43N3O2/c1-9-30-12-23(3)19-38(30)28(8)32-15-25(5)29(14-26(32)6)11-10-22(2)21-41-35-17-34-33(16-27(35)7)36(40)39-20-24(4)13-31(39)18-37-34/h9,14-18,22,30-31H,1,3-4,8,10-13,19-21H2,2,5-7H3. The van der Waals surface area contributed by atoms with Gasteiger partial charge in [-0.05, 0) is 86.8 Å². The first kappa shape index (κ1) is 28.7. The van der Waals surface area contributed by atoms with Crippen LogP contribution in [0.2, 0.25) is 0 Å². The monoisotopic (exact) mass is 549 g/mol. The van der Waals surface area contributed by atoms with E-state index in [2.05, 4.69) is 69.1 Å². The fraction of sp³-hybridized carbons (Fsp3) is 0.389. The number of rotatable bonds is 9. The van der Waals surface area contributed by atoms with Crippen molar-refractivity contribution in [3.63, 3.8) is 0 Å². The first-order valence-corrected chi connectivity index (χ1v) is 14.7. The molecular formula is C36H43N3O2. The van der Waals surface area contributed by atoms with Gasteiger partial charge in [-0.15, -0.1) is 6.58 Å². The number of amides is 1. The van der Waals surface area contributed by atoms with Crippen LogP contribution in [-0.2, 0) is 6.42 Å². The number of likely N-dealkylation sites (tertiary alicyclic amines) is 1. The first-order valence-electron chi connectivity index (χ1n) is 14.7. The Morgan fingerprint density at radius 2 is 1.83 bits per heavy atom. The van der Waals surface area contributed by atoms with Gasteiger partial charge in [0.2, 0.25) is 0 Å². The van der Waals surface area contributed by atoms with Crippen LogP contribution in [0.25, 0.3) is 5.70 Å². The topological polar surface area (TPSA) is 45.1 Å². The average Bonchev–Trinajstić information content (AvgIpc) is 3.49. The van der Waals surface area contributed by atoms with Gasteiger partial charge in [-0.3, -0.25) is 9.79 Å². The van der Waals surface area contributed by atoms with Crippen LogP contribution in [0.5, 0.6) is 5.75 Å². The summed E-state index contributed by atoms with van der Waals surface area (Å²) in [5, 5.41) is 0. The van der Waals surface area contributed by atoms with E-state index in [1.165, 1.54) is 27.8 Å². The van der Waals surface area contributed by atoms with E-state index in [0.29, 0.717) is 30.3 Å². The minimum absolute atomic E-state index is 0.00407. The van der Waals surface area contributed by atoms with Crippen LogP contribution in [0.15, 0.2) is 72.8 Å². The van der Waals surface area contributed by atoms with Gasteiger partial charge in [0.15, 0.2) is 0 Å². The van der Waals surface area contributed by atoms with Gasteiger partial charge in [0.1, 0.15) is 5.75 Å². The number of hydrogen-bond donors (Lipinski definition) is 0. The highest BCUT2D eigenvalue weighted by atomic mass is 16.5. The van der Waals surface area contributed by atoms with Gasteiger partial charge < -0.3 is 14.5 Å². The molecule has 1 amide bonds. The van der Waals surface area contributed by atoms with Gasteiger partial charge in [0.05, 0.1) is 29.9 Å². The summed E-state index contributed by atoms with van der Waals surface area (Å²) in [6, 6.07) is 8.73. The highest BCUT2D eigenvalue weighted by Crippen LogP contribution is 2.36. The summed E-state index contributed by atoms with van der Waals surface area (Å²) in [6.45, 7) is 27.4. The molecule has 214 valence electrons. The van der Waals surface area contributed by atoms with Crippen molar-refractivity contribution in [2.45, 2.75) is 65.5 Å². The van der Waals surface area contributed by atoms with Crippen LogP contribution in [0.3, 0.4) is 0 Å². The normalized spacial score (nSPS) is 20.6. The van der Waals surface area contributed by atoms with Crippen LogP contribution >= 0.6 is 0 Å². The van der Waals surface area contributed by atoms with Crippen molar-refractivity contribution >= 4 is 23.5 Å². The predicted octanol–water partition coefficient (Wildman–Crippen LogP) is 7.53. The van der Waals surface area contributed by atoms with Crippen molar-refractivity contribution in [2.24, 2.45) is 10.9 Å². The number of aliphatic imine (C=N–C) groups is 1. The Kier molecular flexibility index (Phi) is 8.08. The highest BCUT2D eigenvalue weighted by molar-refractivity contribution is 6.03. The van der Waals surface area contributed by atoms with Gasteiger partial charge in [-0.25, -0.2) is 0 Å². The molecule has 5 rings (SSSR count). The first-order chi connectivity index (χ1) is 19.5. The van der Waals surface area contributed by atoms with Crippen LogP contribution < -0.4 is 4.74 Å². The number of hydrogen-bond acceptors (Lipinski definition) is 4. The van der Waals surface area contributed by atoms with Crippen LogP contribution in [0.4, 0.5) is 5.69 Å². The second kappa shape index (κ2) is 11.6. The Morgan fingerprint density at radius 3 is 2.59 bits per heavy atom. The molecule has 0 N–H and O–H groups in total. The molecule has 3 unspecified atom stereocenters. The fourth-order valence-corrected chi connectivity index (χ4v) is 6.28. The van der Waals surface area contributed by atoms with Gasteiger partial charge >= 0.3 is 0 Å². The summed E-state index contributed by atoms with van der Waals surface area (Å²) in [5.74, 6) is 1.19. The van der Waals surface area contributed by atoms with E-state index < -0.39 is 0 Å². The third-order valence-corrected chi connectivity index (χ3v) is 8.80. The quantitative estimate of drug-likeness (QED) is 0.304. The van der Waals surface area contributed by atoms with Crippen molar-refractivity contribution in [2.75, 3.05) is 19.7 Å². The van der Waals surface area contributed by atoms with E-state index >= 15 is 0 Å². The Balaban J connectivity index is 1.21. The number of aryl methyl sites for hydroxylation is 4. The lowest BCUT2D eigenvalue weighted by molar-refractivity contribution is 0.0778. The molecule has 5 heteroatoms. The molecule has 2 saturated heterocycles. The van der Waals surface area contributed by atoms with Crippen molar-refractivity contribution in [3.8, 4) is 5.75 Å². The molecule has 0 bridgehead atoms. The molecule has 2 aromatic rings. The molecule has 0 spiro atoms. The lowest BCUT2D eigenvalue weighted by Gasteiger charge is -2.28. The Labute approximate surface area is 245 Å². The van der Waals surface area contributed by atoms with Crippen molar-refractivity contribution in [1.82, 2.24) is 9.80 Å². The smallest absolute Gasteiger partial charge is 0.256 e. The van der Waals surface area contributed by atoms with E-state index in [9.17, 15) is 4.79 Å². The Hall–Kier alpha value is -3.86. The lowest BCUT2D eigenvalue weighted by Crippen LogP contribution is -2.35. The Morgan fingerprint density at radius 1 is 1.07 bits per heavy atom. The average molecular weight is 550 g/mol. The maximum absolute atomic E-state index is 13.2. The summed E-state index contributed by atoms with van der Waals surface area (Å²) in [4.78, 5) is 22.0. The molecule has 2 aromatic carbocycles. The summed E-state index contributed by atoms with van der Waals surface area (Å²) >= 11 is 0. The van der Waals surface area contributed by atoms with Crippen LogP contribution in [-0.4, -0.2) is 53.7 Å². The molecule has 0 radical (unpaired) electrons. The van der Waals surface area contributed by atoms with Gasteiger partial charge in [0.25, 0.3) is 5.91 Å². The lowest BCUT2D eigenvalue weighted by atomic mass is 9.93. The summed E-state index contributed by atoms with van der Waals surface area (Å²) in [5.41, 5.74) is 10.8. The number of nitrogens with zero attached hydrogens (tertiary/aromatic N) is 3. The fourth-order valence-electron chi connectivity index (χ4n) is 6.28. The SMILES string of the molecule is C=CC1CC(=C)CN1C(=C)c1cc(C)c(CCC(C)COc2cc3c(cc2C)C(=O)N2CC(=C)CC2C=N3)cc1C. The van der Waals surface area contributed by atoms with Crippen LogP contribution in [0, 0.1) is 26.7 Å². The largest absolute Gasteiger partial charge is 0.493 e. The molecule has 3 aliphatic rings. The van der Waals surface area contributed by atoms with Crippen molar-refractivity contribution in [1.29, 1.82) is 0 Å². The molecule has 5 nitrogen and oxygen atoms in total. The van der Waals surface area contributed by atoms with Gasteiger partial charge in [-0.1, -0.05) is 49.9 Å². The summed E-state index contributed by atoms with van der Waals surface area (Å²) in [6.07, 6.45) is 7.63. The number of fused-ring (bicyclic) bond motifs is 2. The van der Waals surface area contributed by atoms with E-state index in [-0.39, 0.29) is 18.0 Å². The molecule has 3 aliphatic heterocycles. The zero-order valence-electron chi connectivity index (χ0n) is 25.1. The van der Waals surface area contributed by atoms with E-state index in [1.54, 1.807) is 0 Å². The number of ether oxygens (including phenoxy) is 1. The third-order valence-electron chi connectivity index (χ3n) is 8.80. The van der Waals surface area contributed by atoms with Crippen LogP contribution in [0.1, 0.15) is 64.4 Å². The van der Waals surface area contributed by atoms with E-state index in [4.69, 9.17) is 4.74 Å². The maximum atomic E-state index is 13.2. The zero-order chi connectivity index (χ0) is 29.4. The number of carbonyl (C=O) groups is 1. The molecule has 0 aromatic heterocycles.